The number of hydrogen-bond donors (Lipinski definition) is 1. The summed E-state index contributed by atoms with van der Waals surface area (Å²) in [5, 5.41) is 0. The molecule has 0 bridgehead atoms. The molecule has 2 rings (SSSR count). The predicted octanol–water partition coefficient (Wildman–Crippen LogP) is 0.961. The van der Waals surface area contributed by atoms with Crippen LogP contribution in [-0.4, -0.2) is 49.4 Å². The molecule has 1 aliphatic carbocycles. The summed E-state index contributed by atoms with van der Waals surface area (Å²) in [5.74, 6) is 0.481. The van der Waals surface area contributed by atoms with Gasteiger partial charge < -0.3 is 10.6 Å². The van der Waals surface area contributed by atoms with Crippen LogP contribution in [0.1, 0.15) is 39.0 Å². The van der Waals surface area contributed by atoms with Crippen LogP contribution in [0.15, 0.2) is 0 Å². The monoisotopic (exact) mass is 324 g/mol. The largest absolute Gasteiger partial charge is 0.338 e. The Bertz CT molecular complexity index is 441. The van der Waals surface area contributed by atoms with Crippen molar-refractivity contribution < 1.29 is 13.2 Å². The molecule has 0 radical (unpaired) electrons. The Labute approximate surface area is 127 Å². The minimum Gasteiger partial charge on any atom is -0.338 e. The van der Waals surface area contributed by atoms with Crippen LogP contribution >= 0.6 is 12.4 Å². The maximum absolute atomic E-state index is 12.6. The molecular weight excluding hydrogens is 300 g/mol. The third-order valence-corrected chi connectivity index (χ3v) is 5.97. The number of halogens is 1. The summed E-state index contributed by atoms with van der Waals surface area (Å²) in [7, 11) is -2.95. The first-order valence-electron chi connectivity index (χ1n) is 7.19. The zero-order valence-electron chi connectivity index (χ0n) is 12.0. The highest BCUT2D eigenvalue weighted by atomic mass is 35.5. The maximum Gasteiger partial charge on any atom is 0.226 e. The molecule has 1 aliphatic heterocycles. The van der Waals surface area contributed by atoms with E-state index in [0.29, 0.717) is 13.0 Å². The molecule has 5 nitrogen and oxygen atoms in total. The van der Waals surface area contributed by atoms with Gasteiger partial charge in [0.05, 0.1) is 11.5 Å². The first-order chi connectivity index (χ1) is 8.93. The van der Waals surface area contributed by atoms with Crippen LogP contribution in [-0.2, 0) is 14.6 Å². The predicted molar refractivity (Wildman–Crippen MR) is 81.6 cm³/mol. The van der Waals surface area contributed by atoms with Crippen molar-refractivity contribution in [2.24, 2.45) is 11.7 Å². The van der Waals surface area contributed by atoms with E-state index in [9.17, 15) is 13.2 Å². The van der Waals surface area contributed by atoms with Crippen molar-refractivity contribution in [3.8, 4) is 0 Å². The third-order valence-electron chi connectivity index (χ3n) is 4.22. The van der Waals surface area contributed by atoms with Crippen LogP contribution in [0.5, 0.6) is 0 Å². The van der Waals surface area contributed by atoms with Crippen molar-refractivity contribution in [3.05, 3.63) is 0 Å². The lowest BCUT2D eigenvalue weighted by atomic mass is 10.0. The van der Waals surface area contributed by atoms with Crippen LogP contribution in [0.2, 0.25) is 0 Å². The van der Waals surface area contributed by atoms with Gasteiger partial charge in [0.15, 0.2) is 9.84 Å². The van der Waals surface area contributed by atoms with E-state index in [4.69, 9.17) is 5.73 Å². The van der Waals surface area contributed by atoms with Crippen molar-refractivity contribution in [2.75, 3.05) is 18.1 Å². The van der Waals surface area contributed by atoms with E-state index in [0.717, 1.165) is 25.7 Å². The van der Waals surface area contributed by atoms with Gasteiger partial charge >= 0.3 is 0 Å². The highest BCUT2D eigenvalue weighted by Crippen LogP contribution is 2.28. The molecule has 20 heavy (non-hydrogen) atoms. The Balaban J connectivity index is 0.00000200. The minimum absolute atomic E-state index is 0. The Hall–Kier alpha value is -0.330. The van der Waals surface area contributed by atoms with Crippen molar-refractivity contribution in [3.63, 3.8) is 0 Å². The molecule has 1 heterocycles. The molecule has 1 amide bonds. The number of rotatable bonds is 4. The Morgan fingerprint density at radius 1 is 1.30 bits per heavy atom. The summed E-state index contributed by atoms with van der Waals surface area (Å²) in [6.07, 6.45) is 3.95. The van der Waals surface area contributed by atoms with Crippen molar-refractivity contribution in [1.29, 1.82) is 0 Å². The molecule has 3 atom stereocenters. The highest BCUT2D eigenvalue weighted by Gasteiger charge is 2.38. The topological polar surface area (TPSA) is 80.5 Å². The van der Waals surface area contributed by atoms with E-state index < -0.39 is 9.84 Å². The van der Waals surface area contributed by atoms with E-state index in [-0.39, 0.29) is 47.8 Å². The molecule has 0 aromatic carbocycles. The molecule has 0 aromatic rings. The Kier molecular flexibility index (Phi) is 6.28. The van der Waals surface area contributed by atoms with E-state index in [1.165, 1.54) is 0 Å². The van der Waals surface area contributed by atoms with Gasteiger partial charge in [-0.05, 0) is 32.1 Å². The first-order valence-corrected chi connectivity index (χ1v) is 9.01. The molecule has 7 heteroatoms. The lowest BCUT2D eigenvalue weighted by molar-refractivity contribution is -0.137. The number of carbonyl (C=O) groups is 1. The molecular formula is C13H25ClN2O3S. The van der Waals surface area contributed by atoms with Crippen molar-refractivity contribution in [1.82, 2.24) is 4.90 Å². The molecule has 1 saturated heterocycles. The molecule has 0 spiro atoms. The van der Waals surface area contributed by atoms with E-state index >= 15 is 0 Å². The fraction of sp³-hybridized carbons (Fsp3) is 0.923. The normalized spacial score (nSPS) is 31.8. The van der Waals surface area contributed by atoms with Crippen LogP contribution in [0.4, 0.5) is 0 Å². The number of hydrogen-bond acceptors (Lipinski definition) is 4. The zero-order chi connectivity index (χ0) is 14.0. The molecule has 2 aliphatic rings. The van der Waals surface area contributed by atoms with Gasteiger partial charge in [0.1, 0.15) is 0 Å². The fourth-order valence-corrected chi connectivity index (χ4v) is 4.94. The van der Waals surface area contributed by atoms with Crippen molar-refractivity contribution in [2.45, 2.75) is 51.1 Å². The van der Waals surface area contributed by atoms with Crippen molar-refractivity contribution >= 4 is 28.2 Å². The van der Waals surface area contributed by atoms with Gasteiger partial charge in [-0.3, -0.25) is 4.79 Å². The Morgan fingerprint density at radius 2 is 2.00 bits per heavy atom. The van der Waals surface area contributed by atoms with Crippen LogP contribution in [0.3, 0.4) is 0 Å². The van der Waals surface area contributed by atoms with Crippen LogP contribution in [0, 0.1) is 5.92 Å². The van der Waals surface area contributed by atoms with Gasteiger partial charge in [-0.15, -0.1) is 12.4 Å². The second-order valence-corrected chi connectivity index (χ2v) is 8.09. The van der Waals surface area contributed by atoms with Gasteiger partial charge in [0.25, 0.3) is 0 Å². The second kappa shape index (κ2) is 7.09. The van der Waals surface area contributed by atoms with Gasteiger partial charge in [0.2, 0.25) is 5.91 Å². The van der Waals surface area contributed by atoms with E-state index in [1.54, 1.807) is 0 Å². The van der Waals surface area contributed by atoms with Crippen LogP contribution < -0.4 is 5.73 Å². The highest BCUT2D eigenvalue weighted by molar-refractivity contribution is 7.91. The van der Waals surface area contributed by atoms with Gasteiger partial charge in [-0.2, -0.15) is 0 Å². The number of carbonyl (C=O) groups excluding carboxylic acids is 1. The Morgan fingerprint density at radius 3 is 2.45 bits per heavy atom. The molecule has 2 N–H and O–H groups in total. The summed E-state index contributed by atoms with van der Waals surface area (Å²) in [4.78, 5) is 14.4. The SMILES string of the molecule is CCCN(C(=O)C1CCC(N)C1)C1CCS(=O)(=O)C1.Cl. The van der Waals surface area contributed by atoms with Gasteiger partial charge in [0, 0.05) is 24.5 Å². The number of amides is 1. The summed E-state index contributed by atoms with van der Waals surface area (Å²) >= 11 is 0. The molecule has 2 fully saturated rings. The minimum atomic E-state index is -2.95. The second-order valence-electron chi connectivity index (χ2n) is 5.86. The average Bonchev–Trinajstić information content (AvgIpc) is 2.91. The number of nitrogens with zero attached hydrogens (tertiary/aromatic N) is 1. The third kappa shape index (κ3) is 4.09. The lowest BCUT2D eigenvalue weighted by Gasteiger charge is -2.30. The standard InChI is InChI=1S/C13H24N2O3S.ClH/c1-2-6-15(12-5-7-19(17,18)9-12)13(16)10-3-4-11(14)8-10;/h10-12H,2-9,14H2,1H3;1H. The van der Waals surface area contributed by atoms with Gasteiger partial charge in [-0.25, -0.2) is 8.42 Å². The molecule has 3 unspecified atom stereocenters. The molecule has 0 aromatic heterocycles. The van der Waals surface area contributed by atoms with Crippen LogP contribution in [0.25, 0.3) is 0 Å². The summed E-state index contributed by atoms with van der Waals surface area (Å²) in [6.45, 7) is 2.68. The molecule has 1 saturated carbocycles. The van der Waals surface area contributed by atoms with Gasteiger partial charge in [-0.1, -0.05) is 6.92 Å². The van der Waals surface area contributed by atoms with E-state index in [1.807, 2.05) is 11.8 Å². The summed E-state index contributed by atoms with van der Waals surface area (Å²) < 4.78 is 23.2. The zero-order valence-corrected chi connectivity index (χ0v) is 13.6. The summed E-state index contributed by atoms with van der Waals surface area (Å²) in [6, 6.07) is 0.0130. The summed E-state index contributed by atoms with van der Waals surface area (Å²) in [5.41, 5.74) is 5.87. The number of nitrogens with two attached hydrogens (primary N) is 1. The average molecular weight is 325 g/mol. The first kappa shape index (κ1) is 17.7. The molecule has 118 valence electrons. The quantitative estimate of drug-likeness (QED) is 0.835. The number of sulfone groups is 1. The van der Waals surface area contributed by atoms with E-state index in [2.05, 4.69) is 0 Å². The maximum atomic E-state index is 12.6. The lowest BCUT2D eigenvalue weighted by Crippen LogP contribution is -2.44. The fourth-order valence-electron chi connectivity index (χ4n) is 3.21. The smallest absolute Gasteiger partial charge is 0.226 e.